The van der Waals surface area contributed by atoms with Crippen molar-refractivity contribution in [3.8, 4) is 11.4 Å². The summed E-state index contributed by atoms with van der Waals surface area (Å²) in [6.07, 6.45) is 0. The molecule has 176 valence electrons. The monoisotopic (exact) mass is 487 g/mol. The number of carbonyl (C=O) groups is 2. The molecular formula is C27H22FN3O3S. The first-order valence-corrected chi connectivity index (χ1v) is 11.8. The highest BCUT2D eigenvalue weighted by molar-refractivity contribution is 7.20. The highest BCUT2D eigenvalue weighted by Gasteiger charge is 2.21. The maximum atomic E-state index is 13.3. The molecule has 6 nitrogen and oxygen atoms in total. The summed E-state index contributed by atoms with van der Waals surface area (Å²) in [5, 5.41) is 5.31. The number of ketones is 1. The molecule has 0 atom stereocenters. The largest absolute Gasteiger partial charge is 0.453 e. The minimum Gasteiger partial charge on any atom is -0.453 e. The molecule has 0 saturated carbocycles. The topological polar surface area (TPSA) is 66.1 Å². The number of aryl methyl sites for hydroxylation is 2. The van der Waals surface area contributed by atoms with Gasteiger partial charge in [0.2, 0.25) is 5.78 Å². The average Bonchev–Trinajstić information content (AvgIpc) is 3.51. The van der Waals surface area contributed by atoms with Crippen LogP contribution in [-0.2, 0) is 4.74 Å². The van der Waals surface area contributed by atoms with E-state index in [-0.39, 0.29) is 18.2 Å². The lowest BCUT2D eigenvalue weighted by molar-refractivity contribution is 0.0479. The second-order valence-electron chi connectivity index (χ2n) is 8.26. The predicted octanol–water partition coefficient (Wildman–Crippen LogP) is 5.98. The smallest absolute Gasteiger partial charge is 0.348 e. The lowest BCUT2D eigenvalue weighted by Crippen LogP contribution is -2.14. The maximum Gasteiger partial charge on any atom is 0.348 e. The summed E-state index contributed by atoms with van der Waals surface area (Å²) in [6.45, 7) is 5.31. The minimum absolute atomic E-state index is 0.261. The van der Waals surface area contributed by atoms with Gasteiger partial charge in [0, 0.05) is 28.0 Å². The highest BCUT2D eigenvalue weighted by Crippen LogP contribution is 2.31. The quantitative estimate of drug-likeness (QED) is 0.218. The number of hydrogen-bond acceptors (Lipinski definition) is 5. The zero-order valence-corrected chi connectivity index (χ0v) is 20.2. The molecule has 3 aromatic heterocycles. The lowest BCUT2D eigenvalue weighted by atomic mass is 10.1. The number of thiophene rings is 1. The summed E-state index contributed by atoms with van der Waals surface area (Å²) >= 11 is 1.22. The van der Waals surface area contributed by atoms with Crippen LogP contribution in [0, 0.1) is 26.6 Å². The summed E-state index contributed by atoms with van der Waals surface area (Å²) in [6, 6.07) is 19.3. The Labute approximate surface area is 205 Å². The molecule has 0 aliphatic heterocycles. The fourth-order valence-corrected chi connectivity index (χ4v) is 5.28. The van der Waals surface area contributed by atoms with Gasteiger partial charge >= 0.3 is 5.97 Å². The lowest BCUT2D eigenvalue weighted by Gasteiger charge is -2.09. The summed E-state index contributed by atoms with van der Waals surface area (Å²) in [7, 11) is 0. The number of hydrogen-bond donors (Lipinski definition) is 0. The van der Waals surface area contributed by atoms with Gasteiger partial charge in [-0.15, -0.1) is 11.3 Å². The van der Waals surface area contributed by atoms with E-state index in [1.165, 1.54) is 23.5 Å². The molecule has 0 saturated heterocycles. The SMILES string of the molecule is Cc1nn(-c2ccc(F)cc2)c2sc(C(=O)OCC(=O)c3cc(C)n(-c4ccccc4)c3C)cc12. The van der Waals surface area contributed by atoms with E-state index in [1.54, 1.807) is 22.9 Å². The maximum absolute atomic E-state index is 13.3. The average molecular weight is 488 g/mol. The molecule has 3 heterocycles. The molecule has 0 aliphatic rings. The standard InChI is InChI=1S/C27H22FN3O3S/c1-16-13-23(18(3)30(16)20-7-5-4-6-8-20)24(32)15-34-27(33)25-14-22-17(2)29-31(26(22)35-25)21-11-9-19(28)10-12-21/h4-14H,15H2,1-3H3. The van der Waals surface area contributed by atoms with Crippen molar-refractivity contribution in [1.29, 1.82) is 0 Å². The molecule has 0 fully saturated rings. The fraction of sp³-hybridized carbons (Fsp3) is 0.148. The van der Waals surface area contributed by atoms with Gasteiger partial charge < -0.3 is 9.30 Å². The van der Waals surface area contributed by atoms with Gasteiger partial charge in [-0.2, -0.15) is 5.10 Å². The number of esters is 1. The van der Waals surface area contributed by atoms with Crippen LogP contribution in [0.4, 0.5) is 4.39 Å². The fourth-order valence-electron chi connectivity index (χ4n) is 4.20. The molecular weight excluding hydrogens is 465 g/mol. The van der Waals surface area contributed by atoms with E-state index in [0.717, 1.165) is 33.0 Å². The molecule has 0 N–H and O–H groups in total. The molecule has 0 amide bonds. The second kappa shape index (κ2) is 8.96. The predicted molar refractivity (Wildman–Crippen MR) is 133 cm³/mol. The molecule has 0 bridgehead atoms. The van der Waals surface area contributed by atoms with E-state index in [1.807, 2.05) is 61.7 Å². The number of fused-ring (bicyclic) bond motifs is 1. The molecule has 0 aliphatic carbocycles. The molecule has 0 spiro atoms. The van der Waals surface area contributed by atoms with Gasteiger partial charge in [0.1, 0.15) is 15.5 Å². The number of nitrogens with zero attached hydrogens (tertiary/aromatic N) is 3. The summed E-state index contributed by atoms with van der Waals surface area (Å²) in [4.78, 5) is 26.8. The summed E-state index contributed by atoms with van der Waals surface area (Å²) < 4.78 is 22.4. The molecule has 0 unspecified atom stereocenters. The Balaban J connectivity index is 1.35. The van der Waals surface area contributed by atoms with Crippen LogP contribution in [0.3, 0.4) is 0 Å². The third kappa shape index (κ3) is 4.17. The molecule has 8 heteroatoms. The van der Waals surface area contributed by atoms with E-state index in [4.69, 9.17) is 4.74 Å². The molecule has 0 radical (unpaired) electrons. The van der Waals surface area contributed by atoms with Crippen molar-refractivity contribution in [3.05, 3.63) is 100 Å². The van der Waals surface area contributed by atoms with Gasteiger partial charge in [-0.25, -0.2) is 13.9 Å². The van der Waals surface area contributed by atoms with Crippen LogP contribution in [0.1, 0.15) is 37.1 Å². The van der Waals surface area contributed by atoms with E-state index in [2.05, 4.69) is 5.10 Å². The van der Waals surface area contributed by atoms with Crippen molar-refractivity contribution in [2.75, 3.05) is 6.61 Å². The molecule has 35 heavy (non-hydrogen) atoms. The Kier molecular flexibility index (Phi) is 5.82. The van der Waals surface area contributed by atoms with Crippen molar-refractivity contribution in [1.82, 2.24) is 14.3 Å². The van der Waals surface area contributed by atoms with Crippen LogP contribution in [0.2, 0.25) is 0 Å². The first-order valence-electron chi connectivity index (χ1n) is 11.0. The highest BCUT2D eigenvalue weighted by atomic mass is 32.1. The number of aromatic nitrogens is 3. The van der Waals surface area contributed by atoms with Gasteiger partial charge in [-0.1, -0.05) is 18.2 Å². The third-order valence-corrected chi connectivity index (χ3v) is 6.99. The van der Waals surface area contributed by atoms with Crippen molar-refractivity contribution in [3.63, 3.8) is 0 Å². The van der Waals surface area contributed by atoms with E-state index in [9.17, 15) is 14.0 Å². The number of para-hydroxylation sites is 1. The van der Waals surface area contributed by atoms with Crippen molar-refractivity contribution < 1.29 is 18.7 Å². The van der Waals surface area contributed by atoms with Gasteiger partial charge in [0.05, 0.1) is 11.4 Å². The van der Waals surface area contributed by atoms with E-state index in [0.29, 0.717) is 16.1 Å². The first kappa shape index (κ1) is 22.7. The van der Waals surface area contributed by atoms with E-state index >= 15 is 0 Å². The van der Waals surface area contributed by atoms with E-state index < -0.39 is 5.97 Å². The van der Waals surface area contributed by atoms with Gasteiger partial charge in [-0.05, 0) is 69.3 Å². The van der Waals surface area contributed by atoms with Crippen LogP contribution in [0.15, 0.2) is 66.7 Å². The van der Waals surface area contributed by atoms with Gasteiger partial charge in [0.25, 0.3) is 0 Å². The molecule has 2 aromatic carbocycles. The number of halogens is 1. The Morgan fingerprint density at radius 1 is 0.971 bits per heavy atom. The third-order valence-electron chi connectivity index (χ3n) is 5.90. The Morgan fingerprint density at radius 2 is 1.69 bits per heavy atom. The second-order valence-corrected chi connectivity index (χ2v) is 9.29. The van der Waals surface area contributed by atoms with Crippen LogP contribution in [-0.4, -0.2) is 32.7 Å². The van der Waals surface area contributed by atoms with Gasteiger partial charge in [0.15, 0.2) is 6.61 Å². The minimum atomic E-state index is -0.568. The van der Waals surface area contributed by atoms with Gasteiger partial charge in [-0.3, -0.25) is 4.79 Å². The number of benzene rings is 2. The number of rotatable bonds is 6. The van der Waals surface area contributed by atoms with Crippen LogP contribution in [0.25, 0.3) is 21.6 Å². The normalized spacial score (nSPS) is 11.2. The Hall–Kier alpha value is -4.04. The summed E-state index contributed by atoms with van der Waals surface area (Å²) in [5.41, 5.74) is 4.65. The van der Waals surface area contributed by atoms with Crippen molar-refractivity contribution in [2.45, 2.75) is 20.8 Å². The van der Waals surface area contributed by atoms with Crippen molar-refractivity contribution >= 4 is 33.3 Å². The molecule has 5 aromatic rings. The van der Waals surface area contributed by atoms with Crippen LogP contribution >= 0.6 is 11.3 Å². The first-order chi connectivity index (χ1) is 16.8. The summed E-state index contributed by atoms with van der Waals surface area (Å²) in [5.74, 6) is -1.16. The Bertz CT molecular complexity index is 1560. The van der Waals surface area contributed by atoms with Crippen LogP contribution < -0.4 is 0 Å². The number of ether oxygens (including phenoxy) is 1. The molecule has 5 rings (SSSR count). The zero-order valence-electron chi connectivity index (χ0n) is 19.4. The number of carbonyl (C=O) groups excluding carboxylic acids is 2. The zero-order chi connectivity index (χ0) is 24.7. The Morgan fingerprint density at radius 3 is 2.40 bits per heavy atom. The van der Waals surface area contributed by atoms with Crippen molar-refractivity contribution in [2.24, 2.45) is 0 Å². The van der Waals surface area contributed by atoms with Crippen LogP contribution in [0.5, 0.6) is 0 Å². The number of Topliss-reactive ketones (excluding diaryl/α,β-unsaturated/α-hetero) is 1.